The highest BCUT2D eigenvalue weighted by Gasteiger charge is 2.35. The minimum atomic E-state index is -0.469. The molecule has 1 heterocycles. The lowest BCUT2D eigenvalue weighted by atomic mass is 10.0. The van der Waals surface area contributed by atoms with Crippen LogP contribution in [-0.2, 0) is 9.59 Å². The lowest BCUT2D eigenvalue weighted by Crippen LogP contribution is -2.51. The predicted molar refractivity (Wildman–Crippen MR) is 119 cm³/mol. The Hall–Kier alpha value is -2.86. The van der Waals surface area contributed by atoms with Gasteiger partial charge in [0.05, 0.1) is 23.0 Å². The van der Waals surface area contributed by atoms with Crippen molar-refractivity contribution in [2.24, 2.45) is 5.92 Å². The molecule has 2 fully saturated rings. The van der Waals surface area contributed by atoms with Gasteiger partial charge in [-0.15, -0.1) is 0 Å². The number of hydrogen-bond donors (Lipinski definition) is 1. The Kier molecular flexibility index (Phi) is 6.56. The number of nitrogens with zero attached hydrogens (tertiary/aromatic N) is 2. The molecule has 4 rings (SSSR count). The maximum Gasteiger partial charge on any atom is 0.253 e. The van der Waals surface area contributed by atoms with Gasteiger partial charge in [-0.1, -0.05) is 54.1 Å². The number of rotatable bonds is 6. The Morgan fingerprint density at radius 1 is 0.903 bits per heavy atom. The van der Waals surface area contributed by atoms with Gasteiger partial charge in [0.2, 0.25) is 11.8 Å². The van der Waals surface area contributed by atoms with Crippen molar-refractivity contribution in [1.29, 1.82) is 0 Å². The molecule has 0 bridgehead atoms. The van der Waals surface area contributed by atoms with Gasteiger partial charge < -0.3 is 15.1 Å². The number of nitrogens with one attached hydrogen (secondary N) is 1. The Morgan fingerprint density at radius 3 is 2.16 bits per heavy atom. The molecule has 1 N–H and O–H groups in total. The summed E-state index contributed by atoms with van der Waals surface area (Å²) in [6.45, 7) is 2.20. The van der Waals surface area contributed by atoms with Crippen LogP contribution in [0.2, 0.25) is 5.02 Å². The molecule has 7 heteroatoms. The van der Waals surface area contributed by atoms with Gasteiger partial charge in [0, 0.05) is 32.1 Å². The summed E-state index contributed by atoms with van der Waals surface area (Å²) in [4.78, 5) is 41.8. The van der Waals surface area contributed by atoms with Crippen molar-refractivity contribution in [3.05, 3.63) is 70.7 Å². The average Bonchev–Trinajstić information content (AvgIpc) is 3.64. The smallest absolute Gasteiger partial charge is 0.253 e. The predicted octanol–water partition coefficient (Wildman–Crippen LogP) is 3.28. The lowest BCUT2D eigenvalue weighted by Gasteiger charge is -2.35. The summed E-state index contributed by atoms with van der Waals surface area (Å²) in [7, 11) is 0. The molecule has 0 unspecified atom stereocenters. The molecular weight excluding hydrogens is 414 g/mol. The number of amides is 3. The van der Waals surface area contributed by atoms with Gasteiger partial charge in [-0.05, 0) is 30.5 Å². The minimum absolute atomic E-state index is 0.0353. The monoisotopic (exact) mass is 439 g/mol. The van der Waals surface area contributed by atoms with E-state index >= 15 is 0 Å². The van der Waals surface area contributed by atoms with Crippen LogP contribution in [0, 0.1) is 5.92 Å². The number of halogens is 1. The Bertz CT molecular complexity index is 954. The molecule has 1 aliphatic carbocycles. The van der Waals surface area contributed by atoms with Crippen molar-refractivity contribution < 1.29 is 14.4 Å². The molecule has 162 valence electrons. The summed E-state index contributed by atoms with van der Waals surface area (Å²) in [6.07, 6.45) is 2.13. The first kappa shape index (κ1) is 21.4. The summed E-state index contributed by atoms with van der Waals surface area (Å²) in [5.74, 6) is 0.0740. The average molecular weight is 440 g/mol. The number of benzene rings is 2. The van der Waals surface area contributed by atoms with E-state index in [2.05, 4.69) is 5.32 Å². The van der Waals surface area contributed by atoms with Crippen molar-refractivity contribution in [3.8, 4) is 0 Å². The zero-order chi connectivity index (χ0) is 21.8. The van der Waals surface area contributed by atoms with Crippen molar-refractivity contribution in [3.63, 3.8) is 0 Å². The van der Waals surface area contributed by atoms with E-state index in [1.807, 2.05) is 35.2 Å². The summed E-state index contributed by atoms with van der Waals surface area (Å²) in [5.41, 5.74) is 1.24. The first-order valence-electron chi connectivity index (χ1n) is 10.7. The highest BCUT2D eigenvalue weighted by Crippen LogP contribution is 2.31. The van der Waals surface area contributed by atoms with Gasteiger partial charge in [-0.2, -0.15) is 0 Å². The molecule has 6 nitrogen and oxygen atoms in total. The lowest BCUT2D eigenvalue weighted by molar-refractivity contribution is -0.140. The van der Waals surface area contributed by atoms with E-state index in [-0.39, 0.29) is 30.1 Å². The van der Waals surface area contributed by atoms with E-state index in [0.29, 0.717) is 36.8 Å². The van der Waals surface area contributed by atoms with Gasteiger partial charge in [-0.25, -0.2) is 0 Å². The fraction of sp³-hybridized carbons (Fsp3) is 0.375. The Balaban J connectivity index is 1.41. The van der Waals surface area contributed by atoms with Crippen molar-refractivity contribution in [1.82, 2.24) is 15.1 Å². The molecule has 1 saturated carbocycles. The van der Waals surface area contributed by atoms with Gasteiger partial charge in [-0.3, -0.25) is 14.4 Å². The number of hydrogen-bond acceptors (Lipinski definition) is 3. The zero-order valence-electron chi connectivity index (χ0n) is 17.3. The van der Waals surface area contributed by atoms with Crippen LogP contribution in [0.4, 0.5) is 0 Å². The van der Waals surface area contributed by atoms with Crippen LogP contribution in [0.25, 0.3) is 0 Å². The summed E-state index contributed by atoms with van der Waals surface area (Å²) < 4.78 is 0. The van der Waals surface area contributed by atoms with Crippen LogP contribution in [-0.4, -0.2) is 53.7 Å². The Labute approximate surface area is 187 Å². The molecule has 1 saturated heterocycles. The van der Waals surface area contributed by atoms with Crippen LogP contribution in [0.5, 0.6) is 0 Å². The molecule has 0 spiro atoms. The normalized spacial score (nSPS) is 17.2. The van der Waals surface area contributed by atoms with E-state index in [1.54, 1.807) is 29.2 Å². The zero-order valence-corrected chi connectivity index (χ0v) is 18.1. The molecule has 0 radical (unpaired) electrons. The van der Waals surface area contributed by atoms with Crippen molar-refractivity contribution in [2.45, 2.75) is 25.3 Å². The number of piperazine rings is 1. The SMILES string of the molecule is O=C(N[C@@H](CC(=O)N1CCN(C(=O)C2CC2)CC1)c1ccccc1)c1ccccc1Cl. The maximum absolute atomic E-state index is 13.0. The van der Waals surface area contributed by atoms with Crippen LogP contribution in [0.3, 0.4) is 0 Å². The highest BCUT2D eigenvalue weighted by molar-refractivity contribution is 6.33. The minimum Gasteiger partial charge on any atom is -0.345 e. The molecule has 1 atom stereocenters. The topological polar surface area (TPSA) is 69.7 Å². The second-order valence-corrected chi connectivity index (χ2v) is 8.51. The fourth-order valence-electron chi connectivity index (χ4n) is 3.89. The van der Waals surface area contributed by atoms with Crippen LogP contribution in [0.1, 0.15) is 41.2 Å². The third-order valence-electron chi connectivity index (χ3n) is 5.88. The first-order valence-corrected chi connectivity index (χ1v) is 11.1. The van der Waals surface area contributed by atoms with E-state index in [1.165, 1.54) is 0 Å². The first-order chi connectivity index (χ1) is 15.0. The fourth-order valence-corrected chi connectivity index (χ4v) is 4.11. The second kappa shape index (κ2) is 9.52. The quantitative estimate of drug-likeness (QED) is 0.750. The van der Waals surface area contributed by atoms with Crippen LogP contribution >= 0.6 is 11.6 Å². The van der Waals surface area contributed by atoms with Crippen molar-refractivity contribution >= 4 is 29.3 Å². The molecule has 3 amide bonds. The van der Waals surface area contributed by atoms with Gasteiger partial charge >= 0.3 is 0 Å². The Morgan fingerprint density at radius 2 is 1.52 bits per heavy atom. The number of carbonyl (C=O) groups excluding carboxylic acids is 3. The number of carbonyl (C=O) groups is 3. The van der Waals surface area contributed by atoms with E-state index in [0.717, 1.165) is 18.4 Å². The van der Waals surface area contributed by atoms with E-state index in [9.17, 15) is 14.4 Å². The van der Waals surface area contributed by atoms with E-state index in [4.69, 9.17) is 11.6 Å². The van der Waals surface area contributed by atoms with Gasteiger partial charge in [0.25, 0.3) is 5.91 Å². The highest BCUT2D eigenvalue weighted by atomic mass is 35.5. The van der Waals surface area contributed by atoms with Gasteiger partial charge in [0.15, 0.2) is 0 Å². The molecule has 31 heavy (non-hydrogen) atoms. The molecule has 1 aliphatic heterocycles. The summed E-state index contributed by atoms with van der Waals surface area (Å²) in [6, 6.07) is 15.9. The third kappa shape index (κ3) is 5.25. The standard InChI is InChI=1S/C24H26ClN3O3/c25-20-9-5-4-8-19(20)23(30)26-21(17-6-2-1-3-7-17)16-22(29)27-12-14-28(15-13-27)24(31)18-10-11-18/h1-9,18,21H,10-16H2,(H,26,30)/t21-/m0/s1. The van der Waals surface area contributed by atoms with E-state index < -0.39 is 6.04 Å². The molecule has 2 aliphatic rings. The molecule has 2 aromatic rings. The van der Waals surface area contributed by atoms with Crippen molar-refractivity contribution in [2.75, 3.05) is 26.2 Å². The summed E-state index contributed by atoms with van der Waals surface area (Å²) in [5, 5.41) is 3.35. The largest absolute Gasteiger partial charge is 0.345 e. The molecular formula is C24H26ClN3O3. The molecule has 2 aromatic carbocycles. The van der Waals surface area contributed by atoms with Crippen LogP contribution < -0.4 is 5.32 Å². The van der Waals surface area contributed by atoms with Gasteiger partial charge in [0.1, 0.15) is 0 Å². The molecule has 0 aromatic heterocycles. The second-order valence-electron chi connectivity index (χ2n) is 8.10. The maximum atomic E-state index is 13.0. The summed E-state index contributed by atoms with van der Waals surface area (Å²) >= 11 is 6.17. The third-order valence-corrected chi connectivity index (χ3v) is 6.20. The van der Waals surface area contributed by atoms with Crippen LogP contribution in [0.15, 0.2) is 54.6 Å².